The zero-order valence-corrected chi connectivity index (χ0v) is 10.2. The molecule has 0 aromatic heterocycles. The highest BCUT2D eigenvalue weighted by Crippen LogP contribution is 2.21. The van der Waals surface area contributed by atoms with Crippen LogP contribution in [0.3, 0.4) is 0 Å². The minimum Gasteiger partial charge on any atom is -0.274 e. The highest BCUT2D eigenvalue weighted by Gasteiger charge is 2.47. The predicted octanol–water partition coefficient (Wildman–Crippen LogP) is -1.58. The number of rotatable bonds is 4. The molecule has 2 N–H and O–H groups in total. The van der Waals surface area contributed by atoms with Crippen molar-refractivity contribution in [1.82, 2.24) is 9.44 Å². The van der Waals surface area contributed by atoms with Gasteiger partial charge in [-0.15, -0.1) is 0 Å². The third kappa shape index (κ3) is 5.31. The van der Waals surface area contributed by atoms with E-state index in [1.54, 1.807) is 0 Å². The van der Waals surface area contributed by atoms with Gasteiger partial charge in [0.25, 0.3) is 5.91 Å². The van der Waals surface area contributed by atoms with Gasteiger partial charge in [-0.05, 0) is 0 Å². The fraction of sp³-hybridized carbons (Fsp3) is 0.600. The summed E-state index contributed by atoms with van der Waals surface area (Å²) in [6.45, 7) is 0.780. The molecule has 13 heteroatoms. The molecular weight excluding hydrogens is 305 g/mol. The number of alkyl halides is 3. The molecule has 0 saturated carbocycles. The molecule has 0 atom stereocenters. The first-order valence-corrected chi connectivity index (χ1v) is 7.03. The van der Waals surface area contributed by atoms with E-state index in [1.165, 1.54) is 4.72 Å². The summed E-state index contributed by atoms with van der Waals surface area (Å²) >= 11 is 0. The topological polar surface area (TPSA) is 126 Å². The van der Waals surface area contributed by atoms with Crippen molar-refractivity contribution < 1.29 is 39.6 Å². The predicted molar refractivity (Wildman–Crippen MR) is 50.7 cm³/mol. The maximum Gasteiger partial charge on any atom is 0.516 e. The third-order valence-corrected chi connectivity index (χ3v) is 3.52. The van der Waals surface area contributed by atoms with Gasteiger partial charge in [0.15, 0.2) is 0 Å². The summed E-state index contributed by atoms with van der Waals surface area (Å²) < 4.78 is 79.9. The van der Waals surface area contributed by atoms with Crippen molar-refractivity contribution >= 4 is 31.9 Å². The number of sulfonamides is 2. The molecule has 0 saturated heterocycles. The lowest BCUT2D eigenvalue weighted by atomic mass is 10.8. The second-order valence-electron chi connectivity index (χ2n) is 2.89. The first-order chi connectivity index (χ1) is 7.77. The van der Waals surface area contributed by atoms with Crippen LogP contribution in [0.15, 0.2) is 0 Å². The van der Waals surface area contributed by atoms with E-state index in [9.17, 15) is 39.6 Å². The fourth-order valence-corrected chi connectivity index (χ4v) is 2.17. The summed E-state index contributed by atoms with van der Waals surface area (Å²) in [4.78, 5) is 21.1. The molecular formula is C5H7F3N2O6S2. The molecule has 0 aliphatic carbocycles. The number of hydrogen-bond acceptors (Lipinski definition) is 6. The van der Waals surface area contributed by atoms with Gasteiger partial charge in [0.2, 0.25) is 15.9 Å². The summed E-state index contributed by atoms with van der Waals surface area (Å²) in [6.07, 6.45) is 0. The Morgan fingerprint density at radius 1 is 1.06 bits per heavy atom. The maximum absolute atomic E-state index is 11.8. The molecule has 18 heavy (non-hydrogen) atoms. The van der Waals surface area contributed by atoms with Crippen LogP contribution in [0.2, 0.25) is 0 Å². The van der Waals surface area contributed by atoms with Crippen LogP contribution in [0.4, 0.5) is 13.2 Å². The van der Waals surface area contributed by atoms with Gasteiger partial charge in [0.05, 0.1) is 0 Å². The molecule has 8 nitrogen and oxygen atoms in total. The summed E-state index contributed by atoms with van der Waals surface area (Å²) in [5.74, 6) is -4.66. The molecule has 0 aliphatic rings. The minimum absolute atomic E-state index is 0.503. The van der Waals surface area contributed by atoms with Gasteiger partial charge < -0.3 is 0 Å². The van der Waals surface area contributed by atoms with E-state index < -0.39 is 43.1 Å². The standard InChI is InChI=1S/C5H7F3N2O6S2/c1-3(11)9-17(13,14)2-4(12)10-18(15,16)5(6,7)8/h2H2,1H3,(H,9,11)(H,10,12). The van der Waals surface area contributed by atoms with Crippen molar-refractivity contribution in [3.63, 3.8) is 0 Å². The Balaban J connectivity index is 4.80. The van der Waals surface area contributed by atoms with Gasteiger partial charge in [-0.3, -0.25) is 14.3 Å². The van der Waals surface area contributed by atoms with E-state index in [2.05, 4.69) is 0 Å². The van der Waals surface area contributed by atoms with Crippen molar-refractivity contribution in [1.29, 1.82) is 0 Å². The maximum atomic E-state index is 11.8. The van der Waals surface area contributed by atoms with Gasteiger partial charge in [-0.2, -0.15) is 21.6 Å². The lowest BCUT2D eigenvalue weighted by Gasteiger charge is -2.09. The molecule has 0 rings (SSSR count). The number of carbonyl (C=O) groups is 2. The smallest absolute Gasteiger partial charge is 0.274 e. The summed E-state index contributed by atoms with van der Waals surface area (Å²) in [5.41, 5.74) is -5.75. The molecule has 0 aromatic rings. The number of amides is 2. The Labute approximate surface area is 99.6 Å². The van der Waals surface area contributed by atoms with Crippen LogP contribution in [-0.4, -0.2) is 39.9 Å². The van der Waals surface area contributed by atoms with Crippen LogP contribution >= 0.6 is 0 Å². The van der Waals surface area contributed by atoms with E-state index in [4.69, 9.17) is 0 Å². The second kappa shape index (κ2) is 5.09. The minimum atomic E-state index is -5.97. The van der Waals surface area contributed by atoms with Gasteiger partial charge in [-0.25, -0.2) is 13.1 Å². The zero-order chi connectivity index (χ0) is 14.8. The Hall–Kier alpha value is -1.37. The molecule has 0 bridgehead atoms. The van der Waals surface area contributed by atoms with E-state index in [-0.39, 0.29) is 0 Å². The number of hydrogen-bond donors (Lipinski definition) is 2. The van der Waals surface area contributed by atoms with Crippen molar-refractivity contribution in [2.24, 2.45) is 0 Å². The van der Waals surface area contributed by atoms with Crippen LogP contribution in [0.5, 0.6) is 0 Å². The van der Waals surface area contributed by atoms with Crippen LogP contribution in [-0.2, 0) is 29.6 Å². The number of nitrogens with one attached hydrogen (secondary N) is 2. The normalized spacial score (nSPS) is 12.9. The molecule has 0 fully saturated rings. The Morgan fingerprint density at radius 3 is 1.83 bits per heavy atom. The molecule has 0 aromatic carbocycles. The lowest BCUT2D eigenvalue weighted by molar-refractivity contribution is -0.117. The molecule has 0 spiro atoms. The Kier molecular flexibility index (Phi) is 4.71. The van der Waals surface area contributed by atoms with Gasteiger partial charge in [-0.1, -0.05) is 0 Å². The molecule has 0 aliphatic heterocycles. The van der Waals surface area contributed by atoms with Gasteiger partial charge >= 0.3 is 15.5 Å². The quantitative estimate of drug-likeness (QED) is 0.645. The SMILES string of the molecule is CC(=O)NS(=O)(=O)CC(=O)NS(=O)(=O)C(F)(F)F. The van der Waals surface area contributed by atoms with Gasteiger partial charge in [0, 0.05) is 6.92 Å². The second-order valence-corrected chi connectivity index (χ2v) is 6.29. The fourth-order valence-electron chi connectivity index (χ4n) is 0.665. The van der Waals surface area contributed by atoms with Gasteiger partial charge in [0.1, 0.15) is 5.75 Å². The third-order valence-electron chi connectivity index (χ3n) is 1.17. The molecule has 2 amide bonds. The monoisotopic (exact) mass is 312 g/mol. The average Bonchev–Trinajstić information content (AvgIpc) is 1.94. The largest absolute Gasteiger partial charge is 0.516 e. The molecule has 106 valence electrons. The van der Waals surface area contributed by atoms with E-state index in [1.807, 2.05) is 0 Å². The summed E-state index contributed by atoms with van der Waals surface area (Å²) in [7, 11) is -10.5. The lowest BCUT2D eigenvalue weighted by Crippen LogP contribution is -2.44. The summed E-state index contributed by atoms with van der Waals surface area (Å²) in [6, 6.07) is 0. The van der Waals surface area contributed by atoms with E-state index in [0.29, 0.717) is 4.72 Å². The highest BCUT2D eigenvalue weighted by atomic mass is 32.2. The number of halogens is 3. The zero-order valence-electron chi connectivity index (χ0n) is 8.61. The molecule has 0 heterocycles. The van der Waals surface area contributed by atoms with E-state index in [0.717, 1.165) is 6.92 Å². The molecule has 0 radical (unpaired) electrons. The first kappa shape index (κ1) is 16.6. The van der Waals surface area contributed by atoms with Crippen molar-refractivity contribution in [2.75, 3.05) is 5.75 Å². The average molecular weight is 312 g/mol. The number of carbonyl (C=O) groups excluding carboxylic acids is 2. The van der Waals surface area contributed by atoms with Crippen molar-refractivity contribution in [3.8, 4) is 0 Å². The highest BCUT2D eigenvalue weighted by molar-refractivity contribution is 7.92. The van der Waals surface area contributed by atoms with E-state index >= 15 is 0 Å². The van der Waals surface area contributed by atoms with Crippen LogP contribution < -0.4 is 9.44 Å². The first-order valence-electron chi connectivity index (χ1n) is 3.90. The Bertz CT molecular complexity index is 548. The van der Waals surface area contributed by atoms with Crippen LogP contribution in [0.1, 0.15) is 6.92 Å². The molecule has 0 unspecified atom stereocenters. The summed E-state index contributed by atoms with van der Waals surface area (Å²) in [5, 5.41) is 0. The van der Waals surface area contributed by atoms with Crippen molar-refractivity contribution in [3.05, 3.63) is 0 Å². The van der Waals surface area contributed by atoms with Crippen LogP contribution in [0.25, 0.3) is 0 Å². The van der Waals surface area contributed by atoms with Crippen LogP contribution in [0, 0.1) is 0 Å². The van der Waals surface area contributed by atoms with Crippen molar-refractivity contribution in [2.45, 2.75) is 12.4 Å². The Morgan fingerprint density at radius 2 is 1.50 bits per heavy atom.